The van der Waals surface area contributed by atoms with E-state index in [0.29, 0.717) is 17.9 Å². The van der Waals surface area contributed by atoms with Crippen LogP contribution in [0.1, 0.15) is 35.3 Å². The third kappa shape index (κ3) is 4.52. The molecule has 0 saturated carbocycles. The van der Waals surface area contributed by atoms with Gasteiger partial charge in [0.1, 0.15) is 17.6 Å². The Morgan fingerprint density at radius 1 is 1.25 bits per heavy atom. The average Bonchev–Trinajstić information content (AvgIpc) is 3.05. The molecule has 2 aromatic rings. The summed E-state index contributed by atoms with van der Waals surface area (Å²) in [6, 6.07) is 10.6. The van der Waals surface area contributed by atoms with Crippen LogP contribution in [0.25, 0.3) is 6.08 Å². The second-order valence-electron chi connectivity index (χ2n) is 6.54. The predicted molar refractivity (Wildman–Crippen MR) is 109 cm³/mol. The lowest BCUT2D eigenvalue weighted by molar-refractivity contribution is -0.111. The van der Waals surface area contributed by atoms with Gasteiger partial charge in [0.2, 0.25) is 5.91 Å². The van der Waals surface area contributed by atoms with Gasteiger partial charge in [-0.05, 0) is 56.3 Å². The minimum Gasteiger partial charge on any atom is -0.493 e. The first-order valence-corrected chi connectivity index (χ1v) is 9.27. The van der Waals surface area contributed by atoms with Crippen molar-refractivity contribution in [2.75, 3.05) is 19.0 Å². The number of anilines is 1. The van der Waals surface area contributed by atoms with Gasteiger partial charge in [-0.3, -0.25) is 9.59 Å². The Bertz CT molecular complexity index is 903. The lowest BCUT2D eigenvalue weighted by Crippen LogP contribution is -2.17. The Balaban J connectivity index is 1.71. The van der Waals surface area contributed by atoms with Gasteiger partial charge >= 0.3 is 0 Å². The van der Waals surface area contributed by atoms with Crippen molar-refractivity contribution in [2.24, 2.45) is 0 Å². The highest BCUT2D eigenvalue weighted by atomic mass is 16.5. The number of benzene rings is 2. The first-order chi connectivity index (χ1) is 13.5. The highest BCUT2D eigenvalue weighted by molar-refractivity contribution is 6.02. The fourth-order valence-corrected chi connectivity index (χ4v) is 3.06. The van der Waals surface area contributed by atoms with E-state index in [1.165, 1.54) is 6.08 Å². The molecule has 2 amide bonds. The fourth-order valence-electron chi connectivity index (χ4n) is 3.06. The molecule has 146 valence electrons. The van der Waals surface area contributed by atoms with Crippen molar-refractivity contribution in [2.45, 2.75) is 26.4 Å². The van der Waals surface area contributed by atoms with E-state index in [4.69, 9.17) is 9.47 Å². The molecule has 28 heavy (non-hydrogen) atoms. The van der Waals surface area contributed by atoms with Crippen LogP contribution in [-0.4, -0.2) is 31.6 Å². The second-order valence-corrected chi connectivity index (χ2v) is 6.54. The van der Waals surface area contributed by atoms with E-state index in [2.05, 4.69) is 10.6 Å². The zero-order chi connectivity index (χ0) is 20.1. The smallest absolute Gasteiger partial charge is 0.251 e. The second kappa shape index (κ2) is 8.61. The van der Waals surface area contributed by atoms with Crippen LogP contribution in [0.4, 0.5) is 5.69 Å². The molecular weight excluding hydrogens is 356 g/mol. The Morgan fingerprint density at radius 2 is 2.00 bits per heavy atom. The van der Waals surface area contributed by atoms with E-state index < -0.39 is 0 Å². The number of nitrogens with one attached hydrogen (secondary N) is 2. The van der Waals surface area contributed by atoms with Crippen molar-refractivity contribution >= 4 is 23.6 Å². The van der Waals surface area contributed by atoms with E-state index in [1.807, 2.05) is 26.0 Å². The summed E-state index contributed by atoms with van der Waals surface area (Å²) in [7, 11) is 1.57. The van der Waals surface area contributed by atoms with Crippen LogP contribution in [0, 0.1) is 0 Å². The summed E-state index contributed by atoms with van der Waals surface area (Å²) in [4.78, 5) is 23.8. The highest BCUT2D eigenvalue weighted by Crippen LogP contribution is 2.35. The lowest BCUT2D eigenvalue weighted by Gasteiger charge is -2.10. The molecule has 0 radical (unpaired) electrons. The summed E-state index contributed by atoms with van der Waals surface area (Å²) >= 11 is 0. The van der Waals surface area contributed by atoms with E-state index in [9.17, 15) is 9.59 Å². The largest absolute Gasteiger partial charge is 0.493 e. The summed E-state index contributed by atoms with van der Waals surface area (Å²) in [5.41, 5.74) is 3.05. The molecule has 6 nitrogen and oxygen atoms in total. The predicted octanol–water partition coefficient (Wildman–Crippen LogP) is 3.42. The van der Waals surface area contributed by atoms with Crippen LogP contribution in [0.5, 0.6) is 11.5 Å². The molecule has 0 unspecified atom stereocenters. The molecule has 0 aromatic heterocycles. The number of fused-ring (bicyclic) bond motifs is 1. The zero-order valence-corrected chi connectivity index (χ0v) is 16.2. The Morgan fingerprint density at radius 3 is 2.68 bits per heavy atom. The normalized spacial score (nSPS) is 15.0. The average molecular weight is 380 g/mol. The minimum absolute atomic E-state index is 0.143. The van der Waals surface area contributed by atoms with Crippen molar-refractivity contribution in [1.82, 2.24) is 5.32 Å². The van der Waals surface area contributed by atoms with Crippen LogP contribution in [0.3, 0.4) is 0 Å². The van der Waals surface area contributed by atoms with Crippen molar-refractivity contribution in [3.05, 3.63) is 59.2 Å². The summed E-state index contributed by atoms with van der Waals surface area (Å²) in [5, 5.41) is 5.33. The maximum Gasteiger partial charge on any atom is 0.251 e. The topological polar surface area (TPSA) is 76.7 Å². The number of ether oxygens (including phenoxy) is 2. The molecule has 1 atom stereocenters. The van der Waals surface area contributed by atoms with Gasteiger partial charge in [0, 0.05) is 41.9 Å². The van der Waals surface area contributed by atoms with Gasteiger partial charge in [0.05, 0.1) is 6.61 Å². The number of hydrogen-bond acceptors (Lipinski definition) is 4. The van der Waals surface area contributed by atoms with Crippen LogP contribution in [-0.2, 0) is 11.2 Å². The first kappa shape index (κ1) is 19.5. The Kier molecular flexibility index (Phi) is 5.99. The molecule has 0 spiro atoms. The number of rotatable bonds is 6. The summed E-state index contributed by atoms with van der Waals surface area (Å²) in [6.07, 6.45) is 4.16. The van der Waals surface area contributed by atoms with Gasteiger partial charge in [0.15, 0.2) is 0 Å². The molecule has 1 aliphatic rings. The lowest BCUT2D eigenvalue weighted by atomic mass is 10.1. The molecular formula is C22H24N2O4. The molecule has 0 saturated heterocycles. The summed E-state index contributed by atoms with van der Waals surface area (Å²) < 4.78 is 11.5. The quantitative estimate of drug-likeness (QED) is 0.753. The highest BCUT2D eigenvalue weighted by Gasteiger charge is 2.21. The monoisotopic (exact) mass is 380 g/mol. The van der Waals surface area contributed by atoms with Gasteiger partial charge < -0.3 is 20.1 Å². The van der Waals surface area contributed by atoms with Gasteiger partial charge in [-0.25, -0.2) is 0 Å². The maximum absolute atomic E-state index is 12.3. The SMILES string of the molecule is CCOc1cc2c(cc1/C=C/C(=O)Nc1ccc(C(=O)NC)cc1)O[C@H](C)C2. The number of carbonyl (C=O) groups is 2. The summed E-state index contributed by atoms with van der Waals surface area (Å²) in [6.45, 7) is 4.49. The van der Waals surface area contributed by atoms with Crippen LogP contribution < -0.4 is 20.1 Å². The van der Waals surface area contributed by atoms with E-state index >= 15 is 0 Å². The van der Waals surface area contributed by atoms with Crippen molar-refractivity contribution < 1.29 is 19.1 Å². The van der Waals surface area contributed by atoms with Crippen LogP contribution in [0.15, 0.2) is 42.5 Å². The standard InChI is InChI=1S/C22H24N2O4/c1-4-27-19-13-17-11-14(2)28-20(17)12-16(19)7-10-21(25)24-18-8-5-15(6-9-18)22(26)23-3/h5-10,12-14H,4,11H2,1-3H3,(H,23,26)(H,24,25)/b10-7+/t14-/m1/s1. The molecule has 1 heterocycles. The first-order valence-electron chi connectivity index (χ1n) is 9.27. The van der Waals surface area contributed by atoms with E-state index in [-0.39, 0.29) is 17.9 Å². The van der Waals surface area contributed by atoms with E-state index in [0.717, 1.165) is 29.0 Å². The van der Waals surface area contributed by atoms with Crippen molar-refractivity contribution in [1.29, 1.82) is 0 Å². The minimum atomic E-state index is -0.273. The molecule has 2 aromatic carbocycles. The molecule has 0 aliphatic carbocycles. The number of amides is 2. The molecule has 2 N–H and O–H groups in total. The third-order valence-corrected chi connectivity index (χ3v) is 4.38. The van der Waals surface area contributed by atoms with Gasteiger partial charge in [-0.1, -0.05) is 0 Å². The van der Waals surface area contributed by atoms with Crippen LogP contribution >= 0.6 is 0 Å². The third-order valence-electron chi connectivity index (χ3n) is 4.38. The Hall–Kier alpha value is -3.28. The van der Waals surface area contributed by atoms with Gasteiger partial charge in [-0.15, -0.1) is 0 Å². The molecule has 0 fully saturated rings. The van der Waals surface area contributed by atoms with Crippen molar-refractivity contribution in [3.63, 3.8) is 0 Å². The fraction of sp³-hybridized carbons (Fsp3) is 0.273. The van der Waals surface area contributed by atoms with Gasteiger partial charge in [0.25, 0.3) is 5.91 Å². The molecule has 0 bridgehead atoms. The summed E-state index contributed by atoms with van der Waals surface area (Å²) in [5.74, 6) is 1.12. The van der Waals surface area contributed by atoms with Gasteiger partial charge in [-0.2, -0.15) is 0 Å². The van der Waals surface area contributed by atoms with Crippen LogP contribution in [0.2, 0.25) is 0 Å². The molecule has 1 aliphatic heterocycles. The maximum atomic E-state index is 12.3. The Labute approximate surface area is 164 Å². The molecule has 6 heteroatoms. The number of carbonyl (C=O) groups excluding carboxylic acids is 2. The molecule has 3 rings (SSSR count). The zero-order valence-electron chi connectivity index (χ0n) is 16.2. The number of hydrogen-bond donors (Lipinski definition) is 2. The van der Waals surface area contributed by atoms with E-state index in [1.54, 1.807) is 37.4 Å². The van der Waals surface area contributed by atoms with Crippen molar-refractivity contribution in [3.8, 4) is 11.5 Å².